The molecule has 0 amide bonds. The van der Waals surface area contributed by atoms with E-state index in [1.165, 1.54) is 0 Å². The highest BCUT2D eigenvalue weighted by atomic mass is 19.3. The Bertz CT molecular complexity index is 580. The summed E-state index contributed by atoms with van der Waals surface area (Å²) in [5.41, 5.74) is 3.32. The second-order valence-electron chi connectivity index (χ2n) is 5.97. The third-order valence-corrected chi connectivity index (χ3v) is 4.29. The van der Waals surface area contributed by atoms with E-state index < -0.39 is 29.8 Å². The Morgan fingerprint density at radius 2 is 2.17 bits per heavy atom. The van der Waals surface area contributed by atoms with E-state index in [-0.39, 0.29) is 25.0 Å². The smallest absolute Gasteiger partial charge is 0.343 e. The zero-order chi connectivity index (χ0) is 17.6. The number of nitrogens with two attached hydrogens (primary N) is 1. The Kier molecular flexibility index (Phi) is 5.88. The maximum Gasteiger partial charge on any atom is 0.343 e. The molecule has 24 heavy (non-hydrogen) atoms. The van der Waals surface area contributed by atoms with Crippen LogP contribution in [-0.2, 0) is 15.1 Å². The number of benzene rings is 1. The summed E-state index contributed by atoms with van der Waals surface area (Å²) in [6, 6.07) is 8.13. The van der Waals surface area contributed by atoms with Crippen LogP contribution in [0.3, 0.4) is 0 Å². The molecular formula is C17H22F2N2O3. The van der Waals surface area contributed by atoms with Crippen LogP contribution in [0.1, 0.15) is 31.2 Å². The van der Waals surface area contributed by atoms with Crippen LogP contribution in [0.4, 0.5) is 8.78 Å². The number of carbonyl (C=O) groups is 1. The lowest BCUT2D eigenvalue weighted by Crippen LogP contribution is -2.44. The van der Waals surface area contributed by atoms with Crippen LogP contribution in [0.2, 0.25) is 0 Å². The summed E-state index contributed by atoms with van der Waals surface area (Å²) >= 11 is 0. The zero-order valence-corrected chi connectivity index (χ0v) is 13.3. The highest BCUT2D eigenvalue weighted by Gasteiger charge is 2.54. The van der Waals surface area contributed by atoms with Crippen molar-refractivity contribution in [2.75, 3.05) is 13.2 Å². The lowest BCUT2D eigenvalue weighted by atomic mass is 9.80. The first-order valence-corrected chi connectivity index (χ1v) is 7.93. The van der Waals surface area contributed by atoms with Gasteiger partial charge < -0.3 is 15.6 Å². The van der Waals surface area contributed by atoms with Crippen LogP contribution in [0.15, 0.2) is 35.3 Å². The molecule has 0 aromatic heterocycles. The molecule has 0 aliphatic heterocycles. The predicted octanol–water partition coefficient (Wildman–Crippen LogP) is 2.23. The highest BCUT2D eigenvalue weighted by Crippen LogP contribution is 2.47. The molecule has 5 nitrogen and oxygen atoms in total. The minimum Gasteiger partial charge on any atom is -0.463 e. The van der Waals surface area contributed by atoms with Gasteiger partial charge in [0.05, 0.1) is 12.9 Å². The van der Waals surface area contributed by atoms with Gasteiger partial charge in [0.25, 0.3) is 0 Å². The zero-order valence-electron chi connectivity index (χ0n) is 13.3. The maximum atomic E-state index is 13.6. The van der Waals surface area contributed by atoms with E-state index in [9.17, 15) is 18.7 Å². The molecule has 0 unspecified atom stereocenters. The molecule has 0 spiro atoms. The number of nitrogens with zero attached hydrogens (tertiary/aromatic N) is 1. The molecule has 1 aliphatic carbocycles. The number of ether oxygens (including phenoxy) is 1. The number of hydrogen-bond donors (Lipinski definition) is 2. The molecule has 1 aliphatic rings. The van der Waals surface area contributed by atoms with Crippen molar-refractivity contribution < 1.29 is 23.4 Å². The molecule has 1 aromatic carbocycles. The van der Waals surface area contributed by atoms with Gasteiger partial charge in [-0.15, -0.1) is 0 Å². The lowest BCUT2D eigenvalue weighted by molar-refractivity contribution is -0.174. The van der Waals surface area contributed by atoms with Crippen LogP contribution in [0.25, 0.3) is 0 Å². The van der Waals surface area contributed by atoms with Gasteiger partial charge in [0, 0.05) is 31.7 Å². The van der Waals surface area contributed by atoms with Gasteiger partial charge >= 0.3 is 5.97 Å². The molecule has 3 N–H and O–H groups in total. The normalized spacial score (nSPS) is 22.4. The van der Waals surface area contributed by atoms with Gasteiger partial charge in [0.15, 0.2) is 5.60 Å². The Morgan fingerprint density at radius 3 is 2.75 bits per heavy atom. The van der Waals surface area contributed by atoms with Crippen LogP contribution in [-0.4, -0.2) is 36.5 Å². The number of aliphatic hydroxyl groups is 1. The standard InChI is InChI=1S/C17H22F2N2O3/c18-16(19)8-7-14(11-16)17(23,13-5-2-1-3-6-13)15(22)24-10-4-9-21-12-20/h1-3,5-6,12,14,23H,4,7-11H2,(H2,20,21)/t14-,17+/m1/s1. The predicted molar refractivity (Wildman–Crippen MR) is 85.7 cm³/mol. The first kappa shape index (κ1) is 18.3. The molecule has 1 fully saturated rings. The average Bonchev–Trinajstić information content (AvgIpc) is 2.95. The minimum absolute atomic E-state index is 0.0361. The summed E-state index contributed by atoms with van der Waals surface area (Å²) in [6.45, 7) is 0.420. The van der Waals surface area contributed by atoms with Crippen molar-refractivity contribution in [3.8, 4) is 0 Å². The van der Waals surface area contributed by atoms with E-state index in [0.29, 0.717) is 13.0 Å². The number of halogens is 2. The Balaban J connectivity index is 2.16. The van der Waals surface area contributed by atoms with Gasteiger partial charge in [0.2, 0.25) is 5.92 Å². The van der Waals surface area contributed by atoms with Gasteiger partial charge in [-0.1, -0.05) is 30.3 Å². The summed E-state index contributed by atoms with van der Waals surface area (Å²) in [7, 11) is 0. The van der Waals surface area contributed by atoms with Crippen molar-refractivity contribution in [1.29, 1.82) is 0 Å². The maximum absolute atomic E-state index is 13.6. The highest BCUT2D eigenvalue weighted by molar-refractivity contribution is 5.81. The molecule has 1 saturated carbocycles. The van der Waals surface area contributed by atoms with Crippen LogP contribution < -0.4 is 5.73 Å². The Morgan fingerprint density at radius 1 is 1.46 bits per heavy atom. The SMILES string of the molecule is NC=NCCCOC(=O)[C@](O)(c1ccccc1)[C@@H]1CCC(F)(F)C1. The molecule has 2 rings (SSSR count). The van der Waals surface area contributed by atoms with E-state index in [0.717, 1.165) is 6.34 Å². The van der Waals surface area contributed by atoms with Crippen molar-refractivity contribution in [1.82, 2.24) is 0 Å². The molecule has 1 aromatic rings. The summed E-state index contributed by atoms with van der Waals surface area (Å²) in [5, 5.41) is 11.0. The van der Waals surface area contributed by atoms with E-state index in [4.69, 9.17) is 10.5 Å². The Hall–Kier alpha value is -2.02. The van der Waals surface area contributed by atoms with Crippen molar-refractivity contribution in [2.45, 2.75) is 37.2 Å². The number of carbonyl (C=O) groups excluding carboxylic acids is 1. The molecule has 0 saturated heterocycles. The fraction of sp³-hybridized carbons (Fsp3) is 0.529. The third kappa shape index (κ3) is 4.08. The number of alkyl halides is 2. The van der Waals surface area contributed by atoms with Crippen molar-refractivity contribution in [2.24, 2.45) is 16.6 Å². The second kappa shape index (κ2) is 7.70. The average molecular weight is 340 g/mol. The van der Waals surface area contributed by atoms with E-state index in [2.05, 4.69) is 4.99 Å². The van der Waals surface area contributed by atoms with Gasteiger partial charge in [0.1, 0.15) is 0 Å². The summed E-state index contributed by atoms with van der Waals surface area (Å²) < 4.78 is 32.3. The van der Waals surface area contributed by atoms with E-state index >= 15 is 0 Å². The third-order valence-electron chi connectivity index (χ3n) is 4.29. The van der Waals surface area contributed by atoms with Crippen molar-refractivity contribution >= 4 is 12.3 Å². The number of rotatable bonds is 7. The van der Waals surface area contributed by atoms with E-state index in [1.807, 2.05) is 0 Å². The van der Waals surface area contributed by atoms with Gasteiger partial charge in [-0.25, -0.2) is 13.6 Å². The lowest BCUT2D eigenvalue weighted by Gasteiger charge is -2.32. The number of esters is 1. The summed E-state index contributed by atoms with van der Waals surface area (Å²) in [4.78, 5) is 16.3. The van der Waals surface area contributed by atoms with Crippen LogP contribution in [0.5, 0.6) is 0 Å². The van der Waals surface area contributed by atoms with Crippen LogP contribution in [0, 0.1) is 5.92 Å². The topological polar surface area (TPSA) is 84.9 Å². The first-order valence-electron chi connectivity index (χ1n) is 7.93. The molecule has 132 valence electrons. The molecule has 0 radical (unpaired) electrons. The second-order valence-corrected chi connectivity index (χ2v) is 5.97. The van der Waals surface area contributed by atoms with Crippen molar-refractivity contribution in [3.05, 3.63) is 35.9 Å². The largest absolute Gasteiger partial charge is 0.463 e. The summed E-state index contributed by atoms with van der Waals surface area (Å²) in [5.74, 6) is -4.65. The van der Waals surface area contributed by atoms with E-state index in [1.54, 1.807) is 30.3 Å². The molecule has 7 heteroatoms. The van der Waals surface area contributed by atoms with Gasteiger partial charge in [-0.05, 0) is 12.0 Å². The minimum atomic E-state index is -2.87. The van der Waals surface area contributed by atoms with Crippen LogP contribution >= 0.6 is 0 Å². The molecular weight excluding hydrogens is 318 g/mol. The number of aliphatic imine (C=N–C) groups is 1. The van der Waals surface area contributed by atoms with Gasteiger partial charge in [-0.3, -0.25) is 4.99 Å². The first-order chi connectivity index (χ1) is 11.4. The Labute approximate surface area is 139 Å². The fourth-order valence-electron chi connectivity index (χ4n) is 3.02. The summed E-state index contributed by atoms with van der Waals surface area (Å²) in [6.07, 6.45) is 0.773. The quantitative estimate of drug-likeness (QED) is 0.345. The monoisotopic (exact) mass is 340 g/mol. The fourth-order valence-corrected chi connectivity index (χ4v) is 3.02. The molecule has 2 atom stereocenters. The molecule has 0 bridgehead atoms. The molecule has 0 heterocycles. The van der Waals surface area contributed by atoms with Gasteiger partial charge in [-0.2, -0.15) is 0 Å². The van der Waals surface area contributed by atoms with Crippen molar-refractivity contribution in [3.63, 3.8) is 0 Å². The number of hydrogen-bond acceptors (Lipinski definition) is 4.